The molecule has 2 aromatic carbocycles. The van der Waals surface area contributed by atoms with E-state index in [4.69, 9.17) is 21.3 Å². The molecule has 40 heavy (non-hydrogen) atoms. The van der Waals surface area contributed by atoms with Crippen LogP contribution in [0.1, 0.15) is 24.0 Å². The first-order valence-corrected chi connectivity index (χ1v) is 13.1. The van der Waals surface area contributed by atoms with Gasteiger partial charge in [0.05, 0.1) is 18.5 Å². The number of likely N-dealkylation sites (N-methyl/N-ethyl adjacent to an activating group) is 2. The summed E-state index contributed by atoms with van der Waals surface area (Å²) < 4.78 is 5.72. The highest BCUT2D eigenvalue weighted by molar-refractivity contribution is 6.03. The summed E-state index contributed by atoms with van der Waals surface area (Å²) in [5.41, 5.74) is 17.4. The second-order valence-electron chi connectivity index (χ2n) is 9.97. The van der Waals surface area contributed by atoms with Crippen molar-refractivity contribution in [1.82, 2.24) is 10.3 Å². The minimum absolute atomic E-state index is 0.280. The quantitative estimate of drug-likeness (QED) is 0.0999. The van der Waals surface area contributed by atoms with Gasteiger partial charge in [-0.15, -0.1) is 5.73 Å². The summed E-state index contributed by atoms with van der Waals surface area (Å²) in [5, 5.41) is 2.93. The molecule has 1 saturated heterocycles. The second kappa shape index (κ2) is 12.6. The maximum atomic E-state index is 12.4. The van der Waals surface area contributed by atoms with E-state index in [1.165, 1.54) is 6.08 Å². The van der Waals surface area contributed by atoms with Crippen molar-refractivity contribution in [3.8, 4) is 5.75 Å². The van der Waals surface area contributed by atoms with Crippen LogP contribution in [0.15, 0.2) is 66.0 Å². The van der Waals surface area contributed by atoms with Crippen molar-refractivity contribution in [3.63, 3.8) is 0 Å². The Balaban J connectivity index is 1.72. The van der Waals surface area contributed by atoms with Crippen LogP contribution in [0.2, 0.25) is 0 Å². The Kier molecular flexibility index (Phi) is 8.96. The molecule has 1 fully saturated rings. The molecule has 0 radical (unpaired) electrons. The highest BCUT2D eigenvalue weighted by Crippen LogP contribution is 2.40. The predicted octanol–water partition coefficient (Wildman–Crippen LogP) is 3.42. The number of rotatable bonds is 8. The van der Waals surface area contributed by atoms with Gasteiger partial charge in [-0.2, -0.15) is 0 Å². The predicted molar refractivity (Wildman–Crippen MR) is 165 cm³/mol. The number of methoxy groups -OCH3 is 1. The number of aliphatic imine (C=N–C) groups is 1. The summed E-state index contributed by atoms with van der Waals surface area (Å²) in [7, 11) is 7.69. The van der Waals surface area contributed by atoms with Gasteiger partial charge in [-0.1, -0.05) is 18.7 Å². The van der Waals surface area contributed by atoms with Crippen LogP contribution in [-0.2, 0) is 4.79 Å². The number of nitrogens with zero attached hydrogens (tertiary/aromatic N) is 4. The summed E-state index contributed by atoms with van der Waals surface area (Å²) in [5.74, 6) is 6.38. The van der Waals surface area contributed by atoms with Crippen LogP contribution in [-0.4, -0.2) is 64.0 Å². The molecule has 2 aromatic rings. The topological polar surface area (TPSA) is 124 Å². The lowest BCUT2D eigenvalue weighted by atomic mass is 10.0. The molecular formula is C30H38N8O2. The number of amides is 1. The van der Waals surface area contributed by atoms with Crippen molar-refractivity contribution in [2.45, 2.75) is 18.9 Å². The van der Waals surface area contributed by atoms with E-state index in [2.05, 4.69) is 39.9 Å². The Bertz CT molecular complexity index is 1410. The van der Waals surface area contributed by atoms with Crippen LogP contribution in [0, 0.1) is 0 Å². The van der Waals surface area contributed by atoms with Gasteiger partial charge in [0.15, 0.2) is 0 Å². The lowest BCUT2D eigenvalue weighted by Crippen LogP contribution is -2.45. The van der Waals surface area contributed by atoms with Crippen LogP contribution >= 0.6 is 0 Å². The molecule has 1 unspecified atom stereocenters. The van der Waals surface area contributed by atoms with E-state index in [1.54, 1.807) is 19.3 Å². The molecule has 2 heterocycles. The number of nitrogens with one attached hydrogen (secondary N) is 2. The Labute approximate surface area is 235 Å². The smallest absolute Gasteiger partial charge is 0.247 e. The first kappa shape index (κ1) is 28.5. The second-order valence-corrected chi connectivity index (χ2v) is 9.97. The fraction of sp³-hybridized carbons (Fsp3) is 0.300. The first-order valence-electron chi connectivity index (χ1n) is 13.1. The van der Waals surface area contributed by atoms with E-state index in [9.17, 15) is 4.79 Å². The Morgan fingerprint density at radius 1 is 1.30 bits per heavy atom. The van der Waals surface area contributed by atoms with Gasteiger partial charge in [0.25, 0.3) is 0 Å². The summed E-state index contributed by atoms with van der Waals surface area (Å²) in [4.78, 5) is 23.5. The maximum Gasteiger partial charge on any atom is 0.247 e. The third-order valence-electron chi connectivity index (χ3n) is 7.20. The molecule has 0 aromatic heterocycles. The van der Waals surface area contributed by atoms with E-state index < -0.39 is 0 Å². The lowest BCUT2D eigenvalue weighted by molar-refractivity contribution is -0.111. The average Bonchev–Trinajstić information content (AvgIpc) is 2.96. The minimum atomic E-state index is -0.320. The fourth-order valence-electron chi connectivity index (χ4n) is 4.96. The van der Waals surface area contributed by atoms with Crippen LogP contribution in [0.4, 0.5) is 22.7 Å². The Hall–Kier alpha value is -4.50. The molecule has 0 aliphatic carbocycles. The molecule has 10 heteroatoms. The Morgan fingerprint density at radius 3 is 2.80 bits per heavy atom. The highest BCUT2D eigenvalue weighted by atomic mass is 16.5. The fourth-order valence-corrected chi connectivity index (χ4v) is 4.96. The number of nitrogens with two attached hydrogens (primary N) is 2. The van der Waals surface area contributed by atoms with Gasteiger partial charge in [-0.25, -0.2) is 10.8 Å². The molecule has 0 bridgehead atoms. The molecule has 1 amide bonds. The van der Waals surface area contributed by atoms with Gasteiger partial charge < -0.3 is 35.9 Å². The molecule has 210 valence electrons. The lowest BCUT2D eigenvalue weighted by Gasteiger charge is -2.38. The molecule has 2 aliphatic rings. The van der Waals surface area contributed by atoms with Crippen LogP contribution in [0.25, 0.3) is 11.8 Å². The summed E-state index contributed by atoms with van der Waals surface area (Å²) in [6.45, 7) is 5.59. The van der Waals surface area contributed by atoms with Gasteiger partial charge in [-0.05, 0) is 56.3 Å². The number of benzene rings is 2. The van der Waals surface area contributed by atoms with E-state index in [0.29, 0.717) is 28.7 Å². The number of fused-ring (bicyclic) bond motifs is 1. The van der Waals surface area contributed by atoms with Gasteiger partial charge >= 0.3 is 0 Å². The number of ether oxygens (including phenoxy) is 1. The summed E-state index contributed by atoms with van der Waals surface area (Å²) >= 11 is 0. The molecule has 10 nitrogen and oxygen atoms in total. The van der Waals surface area contributed by atoms with Crippen molar-refractivity contribution in [3.05, 3.63) is 72.1 Å². The number of carbonyl (C=O) groups is 1. The van der Waals surface area contributed by atoms with E-state index in [1.807, 2.05) is 55.5 Å². The van der Waals surface area contributed by atoms with Gasteiger partial charge in [0.1, 0.15) is 17.3 Å². The van der Waals surface area contributed by atoms with Crippen LogP contribution < -0.4 is 36.9 Å². The van der Waals surface area contributed by atoms with Crippen molar-refractivity contribution >= 4 is 46.3 Å². The van der Waals surface area contributed by atoms with Crippen molar-refractivity contribution < 1.29 is 9.53 Å². The molecular weight excluding hydrogens is 504 g/mol. The molecule has 4 rings (SSSR count). The zero-order chi connectivity index (χ0) is 28.8. The normalized spacial score (nSPS) is 17.3. The molecule has 2 aliphatic heterocycles. The van der Waals surface area contributed by atoms with E-state index >= 15 is 0 Å². The van der Waals surface area contributed by atoms with Crippen molar-refractivity contribution in [2.75, 3.05) is 56.5 Å². The van der Waals surface area contributed by atoms with E-state index in [0.717, 1.165) is 48.4 Å². The third-order valence-corrected chi connectivity index (χ3v) is 7.20. The van der Waals surface area contributed by atoms with Crippen LogP contribution in [0.5, 0.6) is 5.75 Å². The number of hydrogen-bond acceptors (Lipinski definition) is 8. The zero-order valence-electron chi connectivity index (χ0n) is 23.6. The number of amidine groups is 1. The molecule has 0 saturated carbocycles. The summed E-state index contributed by atoms with van der Waals surface area (Å²) in [6.07, 6.45) is 8.85. The highest BCUT2D eigenvalue weighted by Gasteiger charge is 2.25. The minimum Gasteiger partial charge on any atom is -0.494 e. The number of likely N-dealkylation sites (tertiary alicyclic amines) is 1. The monoisotopic (exact) mass is 542 g/mol. The van der Waals surface area contributed by atoms with Gasteiger partial charge in [0.2, 0.25) is 5.91 Å². The molecule has 1 atom stereocenters. The number of hydrogen-bond donors (Lipinski definition) is 4. The van der Waals surface area contributed by atoms with Crippen molar-refractivity contribution in [2.24, 2.45) is 16.6 Å². The first-order chi connectivity index (χ1) is 19.2. The number of piperidine rings is 1. The molecule has 6 N–H and O–H groups in total. The SMILES string of the molecule is C=CC(=O)Nc1cc(N=C(C=C(N)c2ccc3c(c2)N(C)C=C=C3)NN)c(OC)cc1N(C)C1CCCN(C)C1. The zero-order valence-corrected chi connectivity index (χ0v) is 23.6. The summed E-state index contributed by atoms with van der Waals surface area (Å²) in [6, 6.07) is 9.86. The standard InChI is InChI=1S/C30H38N8O2/c1-6-30(39)34-24-17-25(28(40-5)18-27(24)38(4)22-10-8-13-36(2)19-22)33-29(35-32)16-23(31)21-12-11-20-9-7-14-37(3)26(20)15-21/h6,9,11-12,14-18,22H,1,8,10,13,19,31-32H2,2-5H3,(H,33,35)(H,34,39). The number of anilines is 3. The Morgan fingerprint density at radius 2 is 2.10 bits per heavy atom. The van der Waals surface area contributed by atoms with Gasteiger partial charge in [-0.3, -0.25) is 4.79 Å². The largest absolute Gasteiger partial charge is 0.494 e. The van der Waals surface area contributed by atoms with Gasteiger partial charge in [0, 0.05) is 62.0 Å². The number of hydrazine groups is 1. The number of carbonyl (C=O) groups excluding carboxylic acids is 1. The average molecular weight is 543 g/mol. The van der Waals surface area contributed by atoms with Crippen LogP contribution in [0.3, 0.4) is 0 Å². The third kappa shape index (κ3) is 6.38. The maximum absolute atomic E-state index is 12.4. The molecule has 0 spiro atoms. The van der Waals surface area contributed by atoms with Crippen molar-refractivity contribution in [1.29, 1.82) is 0 Å². The van der Waals surface area contributed by atoms with E-state index in [-0.39, 0.29) is 11.9 Å².